The van der Waals surface area contributed by atoms with Gasteiger partial charge >= 0.3 is 0 Å². The van der Waals surface area contributed by atoms with E-state index >= 15 is 0 Å². The summed E-state index contributed by atoms with van der Waals surface area (Å²) in [6.07, 6.45) is 0. The lowest BCUT2D eigenvalue weighted by Gasteiger charge is -2.14. The van der Waals surface area contributed by atoms with E-state index in [1.165, 1.54) is 0 Å². The van der Waals surface area contributed by atoms with Crippen molar-refractivity contribution in [2.75, 3.05) is 18.4 Å². The smallest absolute Gasteiger partial charge is 0.196 e. The number of benzene rings is 1. The molecule has 1 aromatic carbocycles. The maximum Gasteiger partial charge on any atom is 0.196 e. The van der Waals surface area contributed by atoms with Crippen molar-refractivity contribution < 1.29 is 22.6 Å². The van der Waals surface area contributed by atoms with Crippen LogP contribution in [0.3, 0.4) is 0 Å². The normalized spacial score (nSPS) is 14.7. The molecule has 0 atom stereocenters. The van der Waals surface area contributed by atoms with Crippen LogP contribution in [0, 0.1) is 3.57 Å². The van der Waals surface area contributed by atoms with Gasteiger partial charge in [0.15, 0.2) is 5.96 Å². The number of anilines is 1. The first kappa shape index (κ1) is 11.3. The standard InChI is InChI=1S/C9H8Cl2IN3/c10-6-3-5(12)4-7(11)8(6)15-9-13-1-2-14-9/h3-4H,1-2H2,(H2,13,14,15)/q-1/i12-2. The molecule has 0 unspecified atom stereocenters. The van der Waals surface area contributed by atoms with E-state index in [-0.39, 0.29) is 0 Å². The number of hydrogen-bond donors (Lipinski definition) is 2. The van der Waals surface area contributed by atoms with Crippen LogP contribution in [0.1, 0.15) is 0 Å². The third kappa shape index (κ3) is 2.68. The summed E-state index contributed by atoms with van der Waals surface area (Å²) < 4.78 is 1.01. The minimum Gasteiger partial charge on any atom is -0.758 e. The molecule has 2 rings (SSSR count). The lowest BCUT2D eigenvalue weighted by atomic mass is 10.3. The third-order valence-corrected chi connectivity index (χ3v) is 3.14. The molecule has 1 aliphatic rings. The van der Waals surface area contributed by atoms with Gasteiger partial charge in [-0.05, 0) is 0 Å². The average Bonchev–Trinajstić information content (AvgIpc) is 2.63. The Bertz CT molecular complexity index is 397. The largest absolute Gasteiger partial charge is 0.758 e. The molecule has 0 saturated carbocycles. The van der Waals surface area contributed by atoms with Crippen molar-refractivity contribution in [1.82, 2.24) is 5.32 Å². The molecule has 0 aromatic heterocycles. The summed E-state index contributed by atoms with van der Waals surface area (Å²) in [6.45, 7) is 1.63. The fourth-order valence-corrected chi connectivity index (χ4v) is 2.83. The lowest BCUT2D eigenvalue weighted by Crippen LogP contribution is -3.34. The van der Waals surface area contributed by atoms with Crippen LogP contribution >= 0.6 is 23.2 Å². The minimum absolute atomic E-state index is 0.600. The van der Waals surface area contributed by atoms with E-state index in [1.807, 2.05) is 12.1 Å². The van der Waals surface area contributed by atoms with Crippen LogP contribution in [0.15, 0.2) is 17.1 Å². The predicted octanol–water partition coefficient (Wildman–Crippen LogP) is -0.913. The molecule has 1 heterocycles. The van der Waals surface area contributed by atoms with Crippen molar-refractivity contribution >= 4 is 34.8 Å². The number of nitrogens with one attached hydrogen (secondary N) is 2. The number of guanidine groups is 1. The highest BCUT2D eigenvalue weighted by Gasteiger charge is 2.10. The van der Waals surface area contributed by atoms with E-state index in [1.54, 1.807) is 0 Å². The molecule has 6 heteroatoms. The highest BCUT2D eigenvalue weighted by molar-refractivity contribution is 6.39. The fraction of sp³-hybridized carbons (Fsp3) is 0.222. The predicted molar refractivity (Wildman–Crippen MR) is 59.1 cm³/mol. The van der Waals surface area contributed by atoms with Crippen LogP contribution in [0.5, 0.6) is 0 Å². The molecule has 0 saturated heterocycles. The van der Waals surface area contributed by atoms with Crippen molar-refractivity contribution in [2.45, 2.75) is 0 Å². The number of rotatable bonds is 1. The number of aliphatic imine (C=N–C) groups is 1. The summed E-state index contributed by atoms with van der Waals surface area (Å²) >= 11 is 14.3. The van der Waals surface area contributed by atoms with Crippen LogP contribution in [0.2, 0.25) is 10.0 Å². The third-order valence-electron chi connectivity index (χ3n) is 1.92. The van der Waals surface area contributed by atoms with Gasteiger partial charge in [-0.25, -0.2) is 0 Å². The van der Waals surface area contributed by atoms with Gasteiger partial charge in [0.1, 0.15) is 0 Å². The van der Waals surface area contributed by atoms with Gasteiger partial charge in [0, 0.05) is 6.54 Å². The molecule has 0 spiro atoms. The van der Waals surface area contributed by atoms with Gasteiger partial charge in [0.05, 0.1) is 22.3 Å². The molecule has 1 radical (unpaired) electrons. The Morgan fingerprint density at radius 3 is 2.53 bits per heavy atom. The molecule has 0 bridgehead atoms. The first-order valence-corrected chi connectivity index (χ1v) is 6.20. The number of nitrogens with zero attached hydrogens (tertiary/aromatic N) is 1. The van der Waals surface area contributed by atoms with Crippen molar-refractivity contribution in [3.05, 3.63) is 25.7 Å². The number of halogens is 3. The molecule has 0 fully saturated rings. The summed E-state index contributed by atoms with van der Waals surface area (Å²) in [6, 6.07) is 3.71. The van der Waals surface area contributed by atoms with E-state index < -0.39 is 0 Å². The summed E-state index contributed by atoms with van der Waals surface area (Å²) in [5.41, 5.74) is 0.701. The van der Waals surface area contributed by atoms with Crippen LogP contribution in [-0.4, -0.2) is 19.0 Å². The molecule has 81 valence electrons. The Balaban J connectivity index is 2.27. The highest BCUT2D eigenvalue weighted by atomic mass is 125. The zero-order valence-electron chi connectivity index (χ0n) is 7.65. The molecule has 3 nitrogen and oxygen atoms in total. The monoisotopic (exact) mass is 353 g/mol. The molecule has 1 aromatic rings. The van der Waals surface area contributed by atoms with E-state index in [2.05, 4.69) is 38.2 Å². The van der Waals surface area contributed by atoms with Gasteiger partial charge in [-0.2, -0.15) is 3.57 Å². The minimum atomic E-state index is 0.600. The summed E-state index contributed by atoms with van der Waals surface area (Å²) in [4.78, 5) is 4.21. The second-order valence-electron chi connectivity index (χ2n) is 3.03. The average molecular weight is 354 g/mol. The van der Waals surface area contributed by atoms with Crippen molar-refractivity contribution in [3.8, 4) is 0 Å². The van der Waals surface area contributed by atoms with Crippen LogP contribution < -0.4 is 33.2 Å². The van der Waals surface area contributed by atoms with Crippen molar-refractivity contribution in [3.63, 3.8) is 0 Å². The summed E-state index contributed by atoms with van der Waals surface area (Å²) in [5.74, 6) is 0.722. The topological polar surface area (TPSA) is 36.4 Å². The molecular weight excluding hydrogens is 346 g/mol. The van der Waals surface area contributed by atoms with Gasteiger partial charge in [-0.15, -0.1) is 0 Å². The van der Waals surface area contributed by atoms with Gasteiger partial charge in [-0.1, -0.05) is 35.3 Å². The maximum atomic E-state index is 6.08. The second-order valence-corrected chi connectivity index (χ2v) is 5.09. The molecule has 0 amide bonds. The zero-order chi connectivity index (χ0) is 10.8. The SMILES string of the molecule is Clc1cc([125I-])cc(Cl)c1NC1=NCCN1. The summed E-state index contributed by atoms with van der Waals surface area (Å²) in [7, 11) is 0. The molecular formula is C9H8Cl2IN3-. The fourth-order valence-electron chi connectivity index (χ4n) is 1.26. The lowest BCUT2D eigenvalue weighted by molar-refractivity contribution is -0.328. The molecule has 2 N–H and O–H groups in total. The highest BCUT2D eigenvalue weighted by Crippen LogP contribution is 2.29. The maximum absolute atomic E-state index is 6.08. The first-order chi connectivity index (χ1) is 7.16. The Hall–Kier alpha value is -0.200. The summed E-state index contributed by atoms with van der Waals surface area (Å²) in [5, 5.41) is 7.37. The Labute approximate surface area is 111 Å². The van der Waals surface area contributed by atoms with E-state index in [9.17, 15) is 0 Å². The first-order valence-electron chi connectivity index (χ1n) is 4.37. The zero-order valence-corrected chi connectivity index (χ0v) is 11.3. The van der Waals surface area contributed by atoms with Gasteiger partial charge in [0.2, 0.25) is 0 Å². The molecule has 1 aliphatic heterocycles. The van der Waals surface area contributed by atoms with Crippen LogP contribution in [-0.2, 0) is 0 Å². The van der Waals surface area contributed by atoms with Crippen LogP contribution in [0.4, 0.5) is 5.69 Å². The van der Waals surface area contributed by atoms with Crippen molar-refractivity contribution in [1.29, 1.82) is 0 Å². The van der Waals surface area contributed by atoms with Crippen molar-refractivity contribution in [2.24, 2.45) is 4.99 Å². The van der Waals surface area contributed by atoms with E-state index in [4.69, 9.17) is 23.2 Å². The molecule has 0 aliphatic carbocycles. The number of hydrogen-bond acceptors (Lipinski definition) is 3. The Kier molecular flexibility index (Phi) is 3.58. The Morgan fingerprint density at radius 2 is 2.00 bits per heavy atom. The second kappa shape index (κ2) is 4.76. The van der Waals surface area contributed by atoms with Gasteiger partial charge in [-0.3, -0.25) is 4.99 Å². The van der Waals surface area contributed by atoms with Crippen LogP contribution in [0.25, 0.3) is 0 Å². The van der Waals surface area contributed by atoms with Gasteiger partial charge < -0.3 is 33.2 Å². The van der Waals surface area contributed by atoms with Gasteiger partial charge in [0.25, 0.3) is 0 Å². The van der Waals surface area contributed by atoms with E-state index in [0.29, 0.717) is 15.7 Å². The van der Waals surface area contributed by atoms with E-state index in [0.717, 1.165) is 22.6 Å². The molecule has 15 heavy (non-hydrogen) atoms. The quantitative estimate of drug-likeness (QED) is 0.641. The Morgan fingerprint density at radius 1 is 1.33 bits per heavy atom.